The molecule has 0 fully saturated rings. The van der Waals surface area contributed by atoms with Gasteiger partial charge in [-0.05, 0) is 51.3 Å². The second kappa shape index (κ2) is 4.88. The van der Waals surface area contributed by atoms with Gasteiger partial charge in [0.15, 0.2) is 0 Å². The lowest BCUT2D eigenvalue weighted by Crippen LogP contribution is -2.32. The maximum Gasteiger partial charge on any atom is 0.0402 e. The topological polar surface area (TPSA) is 29.3 Å². The quantitative estimate of drug-likeness (QED) is 0.841. The monoisotopic (exact) mass is 218 g/mol. The van der Waals surface area contributed by atoms with Gasteiger partial charge in [0.25, 0.3) is 0 Å². The first-order chi connectivity index (χ1) is 7.76. The molecule has 2 N–H and O–H groups in total. The van der Waals surface area contributed by atoms with E-state index < -0.39 is 0 Å². The van der Waals surface area contributed by atoms with Crippen molar-refractivity contribution in [2.45, 2.75) is 39.2 Å². The van der Waals surface area contributed by atoms with Gasteiger partial charge in [-0.2, -0.15) is 0 Å². The minimum absolute atomic E-state index is 0.672. The van der Waals surface area contributed by atoms with Gasteiger partial charge in [-0.1, -0.05) is 17.7 Å². The van der Waals surface area contributed by atoms with E-state index in [1.807, 2.05) is 0 Å². The van der Waals surface area contributed by atoms with E-state index in [0.717, 1.165) is 19.5 Å². The summed E-state index contributed by atoms with van der Waals surface area (Å²) < 4.78 is 0. The predicted octanol–water partition coefficient (Wildman–Crippen LogP) is 2.48. The van der Waals surface area contributed by atoms with E-state index >= 15 is 0 Å². The third-order valence-electron chi connectivity index (χ3n) is 3.52. The number of likely N-dealkylation sites (N-methyl/N-ethyl adjacent to an activating group) is 1. The highest BCUT2D eigenvalue weighted by Gasteiger charge is 2.27. The van der Waals surface area contributed by atoms with Gasteiger partial charge in [0.2, 0.25) is 0 Å². The molecule has 0 saturated carbocycles. The van der Waals surface area contributed by atoms with Crippen LogP contribution in [0.15, 0.2) is 18.2 Å². The van der Waals surface area contributed by atoms with E-state index in [0.29, 0.717) is 6.04 Å². The lowest BCUT2D eigenvalue weighted by Gasteiger charge is -2.26. The molecular weight excluding hydrogens is 196 g/mol. The minimum Gasteiger partial charge on any atom is -0.368 e. The van der Waals surface area contributed by atoms with Crippen LogP contribution in [0.4, 0.5) is 5.69 Å². The molecule has 0 bridgehead atoms. The number of aryl methyl sites for hydroxylation is 1. The normalized spacial score (nSPS) is 18.9. The highest BCUT2D eigenvalue weighted by Crippen LogP contribution is 2.34. The Morgan fingerprint density at radius 1 is 1.44 bits per heavy atom. The summed E-state index contributed by atoms with van der Waals surface area (Å²) in [6, 6.07) is 7.49. The summed E-state index contributed by atoms with van der Waals surface area (Å²) in [6.45, 7) is 6.32. The van der Waals surface area contributed by atoms with E-state index in [9.17, 15) is 0 Å². The van der Waals surface area contributed by atoms with Gasteiger partial charge in [0.1, 0.15) is 0 Å². The van der Waals surface area contributed by atoms with Gasteiger partial charge >= 0.3 is 0 Å². The number of nitrogens with zero attached hydrogens (tertiary/aromatic N) is 1. The average Bonchev–Trinajstić information content (AvgIpc) is 2.62. The predicted molar refractivity (Wildman–Crippen MR) is 70.0 cm³/mol. The van der Waals surface area contributed by atoms with Gasteiger partial charge in [0, 0.05) is 18.3 Å². The fraction of sp³-hybridized carbons (Fsp3) is 0.571. The van der Waals surface area contributed by atoms with Gasteiger partial charge in [-0.15, -0.1) is 0 Å². The van der Waals surface area contributed by atoms with Gasteiger partial charge < -0.3 is 10.6 Å². The molecule has 0 aromatic heterocycles. The Morgan fingerprint density at radius 2 is 2.25 bits per heavy atom. The third kappa shape index (κ3) is 2.07. The van der Waals surface area contributed by atoms with Crippen molar-refractivity contribution in [1.82, 2.24) is 0 Å². The number of nitrogens with two attached hydrogens (primary N) is 1. The number of hydrogen-bond acceptors (Lipinski definition) is 2. The number of rotatable bonds is 4. The van der Waals surface area contributed by atoms with Crippen LogP contribution in [0, 0.1) is 6.92 Å². The maximum atomic E-state index is 5.60. The lowest BCUT2D eigenvalue weighted by molar-refractivity contribution is 0.565. The summed E-state index contributed by atoms with van der Waals surface area (Å²) >= 11 is 0. The van der Waals surface area contributed by atoms with Crippen LogP contribution in [-0.2, 0) is 6.42 Å². The van der Waals surface area contributed by atoms with Crippen molar-refractivity contribution in [3.8, 4) is 0 Å². The van der Waals surface area contributed by atoms with Crippen molar-refractivity contribution >= 4 is 5.69 Å². The molecule has 1 aromatic rings. The Kier molecular flexibility index (Phi) is 3.49. The fourth-order valence-electron chi connectivity index (χ4n) is 2.76. The third-order valence-corrected chi connectivity index (χ3v) is 3.52. The standard InChI is InChI=1S/C14H22N2/c1-3-16-13(5-4-8-15)10-12-9-11(2)6-7-14(12)16/h6-7,9,13H,3-5,8,10,15H2,1-2H3. The highest BCUT2D eigenvalue weighted by molar-refractivity contribution is 5.60. The Hall–Kier alpha value is -1.02. The van der Waals surface area contributed by atoms with E-state index in [1.165, 1.54) is 29.7 Å². The van der Waals surface area contributed by atoms with Crippen molar-refractivity contribution in [3.63, 3.8) is 0 Å². The average molecular weight is 218 g/mol. The molecule has 1 aromatic carbocycles. The van der Waals surface area contributed by atoms with Crippen molar-refractivity contribution < 1.29 is 0 Å². The van der Waals surface area contributed by atoms with E-state index in [2.05, 4.69) is 36.9 Å². The smallest absolute Gasteiger partial charge is 0.0402 e. The number of benzene rings is 1. The van der Waals surface area contributed by atoms with Crippen LogP contribution in [-0.4, -0.2) is 19.1 Å². The molecule has 16 heavy (non-hydrogen) atoms. The summed E-state index contributed by atoms with van der Waals surface area (Å²) in [7, 11) is 0. The molecule has 2 rings (SSSR count). The van der Waals surface area contributed by atoms with Gasteiger partial charge in [-0.3, -0.25) is 0 Å². The first-order valence-corrected chi connectivity index (χ1v) is 6.32. The summed E-state index contributed by atoms with van der Waals surface area (Å²) in [5, 5.41) is 0. The molecule has 1 unspecified atom stereocenters. The number of hydrogen-bond donors (Lipinski definition) is 1. The molecule has 0 saturated heterocycles. The van der Waals surface area contributed by atoms with Crippen LogP contribution >= 0.6 is 0 Å². The lowest BCUT2D eigenvalue weighted by atomic mass is 10.0. The molecule has 0 spiro atoms. The number of fused-ring (bicyclic) bond motifs is 1. The van der Waals surface area contributed by atoms with Crippen LogP contribution < -0.4 is 10.6 Å². The molecule has 2 nitrogen and oxygen atoms in total. The van der Waals surface area contributed by atoms with E-state index in [-0.39, 0.29) is 0 Å². The molecule has 1 aliphatic rings. The first-order valence-electron chi connectivity index (χ1n) is 6.32. The van der Waals surface area contributed by atoms with Crippen molar-refractivity contribution in [3.05, 3.63) is 29.3 Å². The molecular formula is C14H22N2. The van der Waals surface area contributed by atoms with Gasteiger partial charge in [0.05, 0.1) is 0 Å². The summed E-state index contributed by atoms with van der Waals surface area (Å²) in [6.07, 6.45) is 3.55. The summed E-state index contributed by atoms with van der Waals surface area (Å²) in [4.78, 5) is 2.53. The molecule has 1 atom stereocenters. The van der Waals surface area contributed by atoms with Crippen LogP contribution in [0.2, 0.25) is 0 Å². The molecule has 1 aliphatic heterocycles. The van der Waals surface area contributed by atoms with Crippen molar-refractivity contribution in [1.29, 1.82) is 0 Å². The van der Waals surface area contributed by atoms with E-state index in [1.54, 1.807) is 0 Å². The Bertz CT molecular complexity index is 360. The zero-order valence-electron chi connectivity index (χ0n) is 10.4. The van der Waals surface area contributed by atoms with Crippen LogP contribution in [0.5, 0.6) is 0 Å². The van der Waals surface area contributed by atoms with Crippen LogP contribution in [0.3, 0.4) is 0 Å². The maximum absolute atomic E-state index is 5.60. The van der Waals surface area contributed by atoms with Crippen molar-refractivity contribution in [2.75, 3.05) is 18.0 Å². The Morgan fingerprint density at radius 3 is 2.94 bits per heavy atom. The summed E-state index contributed by atoms with van der Waals surface area (Å²) in [5.41, 5.74) is 9.93. The molecule has 88 valence electrons. The molecule has 0 radical (unpaired) electrons. The Balaban J connectivity index is 2.18. The van der Waals surface area contributed by atoms with Crippen molar-refractivity contribution in [2.24, 2.45) is 5.73 Å². The van der Waals surface area contributed by atoms with Crippen LogP contribution in [0.25, 0.3) is 0 Å². The van der Waals surface area contributed by atoms with Crippen LogP contribution in [0.1, 0.15) is 30.9 Å². The SMILES string of the molecule is CCN1c2ccc(C)cc2CC1CCCN. The molecule has 0 aliphatic carbocycles. The zero-order valence-corrected chi connectivity index (χ0v) is 10.4. The van der Waals surface area contributed by atoms with E-state index in [4.69, 9.17) is 5.73 Å². The first kappa shape index (κ1) is 11.5. The van der Waals surface area contributed by atoms with Gasteiger partial charge in [-0.25, -0.2) is 0 Å². The minimum atomic E-state index is 0.672. The fourth-order valence-corrected chi connectivity index (χ4v) is 2.76. The molecule has 2 heteroatoms. The number of anilines is 1. The molecule has 1 heterocycles. The zero-order chi connectivity index (χ0) is 11.5. The second-order valence-electron chi connectivity index (χ2n) is 4.71. The molecule has 0 amide bonds. The summed E-state index contributed by atoms with van der Waals surface area (Å²) in [5.74, 6) is 0. The largest absolute Gasteiger partial charge is 0.368 e. The highest BCUT2D eigenvalue weighted by atomic mass is 15.2. The second-order valence-corrected chi connectivity index (χ2v) is 4.71. The Labute approximate surface area is 98.4 Å².